The molecular formula is C9H5ClO2S. The average molecular weight is 213 g/mol. The van der Waals surface area contributed by atoms with Crippen molar-refractivity contribution in [3.63, 3.8) is 0 Å². The number of hydrogen-bond donors (Lipinski definition) is 1. The first-order valence-electron chi connectivity index (χ1n) is 3.58. The molecule has 2 rings (SSSR count). The standard InChI is InChI=1S/C9H5ClO2S/c10-7-3-5(9(11)12)4-8-6(7)1-2-13-8/h1-4H,(H,11,12). The van der Waals surface area contributed by atoms with Crippen LogP contribution in [-0.2, 0) is 0 Å². The predicted molar refractivity (Wildman–Crippen MR) is 53.8 cm³/mol. The Morgan fingerprint density at radius 2 is 2.23 bits per heavy atom. The zero-order valence-corrected chi connectivity index (χ0v) is 8.02. The quantitative estimate of drug-likeness (QED) is 0.788. The Labute approximate surface area is 83.4 Å². The van der Waals surface area contributed by atoms with Crippen molar-refractivity contribution >= 4 is 39.0 Å². The molecule has 0 saturated carbocycles. The van der Waals surface area contributed by atoms with Crippen LogP contribution < -0.4 is 0 Å². The average Bonchev–Trinajstić information content (AvgIpc) is 2.51. The molecule has 1 aromatic carbocycles. The Morgan fingerprint density at radius 1 is 1.46 bits per heavy atom. The molecule has 2 nitrogen and oxygen atoms in total. The predicted octanol–water partition coefficient (Wildman–Crippen LogP) is 3.25. The molecule has 4 heteroatoms. The van der Waals surface area contributed by atoms with Crippen LogP contribution in [0.25, 0.3) is 10.1 Å². The summed E-state index contributed by atoms with van der Waals surface area (Å²) in [5, 5.41) is 12.1. The lowest BCUT2D eigenvalue weighted by atomic mass is 10.2. The topological polar surface area (TPSA) is 37.3 Å². The second kappa shape index (κ2) is 3.01. The minimum Gasteiger partial charge on any atom is -0.478 e. The van der Waals surface area contributed by atoms with Crippen molar-refractivity contribution in [1.82, 2.24) is 0 Å². The highest BCUT2D eigenvalue weighted by molar-refractivity contribution is 7.17. The summed E-state index contributed by atoms with van der Waals surface area (Å²) in [6.45, 7) is 0. The molecule has 2 aromatic rings. The maximum absolute atomic E-state index is 10.7. The lowest BCUT2D eigenvalue weighted by Gasteiger charge is -1.97. The molecule has 0 spiro atoms. The molecule has 0 aliphatic rings. The second-order valence-corrected chi connectivity index (χ2v) is 3.95. The van der Waals surface area contributed by atoms with Crippen molar-refractivity contribution in [3.05, 3.63) is 34.2 Å². The Morgan fingerprint density at radius 3 is 2.92 bits per heavy atom. The molecule has 66 valence electrons. The van der Waals surface area contributed by atoms with Crippen molar-refractivity contribution < 1.29 is 9.90 Å². The summed E-state index contributed by atoms with van der Waals surface area (Å²) >= 11 is 7.38. The summed E-state index contributed by atoms with van der Waals surface area (Å²) in [6, 6.07) is 4.99. The smallest absolute Gasteiger partial charge is 0.335 e. The van der Waals surface area contributed by atoms with E-state index in [0.29, 0.717) is 5.02 Å². The second-order valence-electron chi connectivity index (χ2n) is 2.60. The van der Waals surface area contributed by atoms with Gasteiger partial charge in [-0.05, 0) is 23.6 Å². The van der Waals surface area contributed by atoms with Gasteiger partial charge in [0.2, 0.25) is 0 Å². The van der Waals surface area contributed by atoms with Crippen LogP contribution in [-0.4, -0.2) is 11.1 Å². The van der Waals surface area contributed by atoms with Gasteiger partial charge >= 0.3 is 5.97 Å². The summed E-state index contributed by atoms with van der Waals surface area (Å²) in [7, 11) is 0. The van der Waals surface area contributed by atoms with E-state index in [0.717, 1.165) is 10.1 Å². The highest BCUT2D eigenvalue weighted by Crippen LogP contribution is 2.29. The normalized spacial score (nSPS) is 10.5. The Bertz CT molecular complexity index is 475. The summed E-state index contributed by atoms with van der Waals surface area (Å²) in [5.74, 6) is -0.947. The number of carboxylic acid groups (broad SMARTS) is 1. The minimum atomic E-state index is -0.947. The molecule has 0 bridgehead atoms. The number of aromatic carboxylic acids is 1. The number of carbonyl (C=O) groups is 1. The molecule has 1 N–H and O–H groups in total. The molecule has 0 fully saturated rings. The van der Waals surface area contributed by atoms with Crippen LogP contribution in [0.15, 0.2) is 23.6 Å². The molecule has 1 aromatic heterocycles. The fourth-order valence-corrected chi connectivity index (χ4v) is 2.34. The van der Waals surface area contributed by atoms with Gasteiger partial charge < -0.3 is 5.11 Å². The van der Waals surface area contributed by atoms with Crippen molar-refractivity contribution in [2.75, 3.05) is 0 Å². The van der Waals surface area contributed by atoms with Gasteiger partial charge in [0.1, 0.15) is 0 Å². The molecule has 0 atom stereocenters. The molecule has 1 heterocycles. The zero-order chi connectivity index (χ0) is 9.42. The van der Waals surface area contributed by atoms with Gasteiger partial charge in [-0.1, -0.05) is 11.6 Å². The van der Waals surface area contributed by atoms with E-state index in [1.165, 1.54) is 17.4 Å². The van der Waals surface area contributed by atoms with E-state index >= 15 is 0 Å². The number of thiophene rings is 1. The first kappa shape index (κ1) is 8.53. The highest BCUT2D eigenvalue weighted by Gasteiger charge is 2.07. The van der Waals surface area contributed by atoms with Crippen molar-refractivity contribution in [2.45, 2.75) is 0 Å². The lowest BCUT2D eigenvalue weighted by molar-refractivity contribution is 0.0697. The van der Waals surface area contributed by atoms with E-state index in [1.54, 1.807) is 6.07 Å². The Hall–Kier alpha value is -1.06. The van der Waals surface area contributed by atoms with Crippen LogP contribution in [0.4, 0.5) is 0 Å². The first-order valence-corrected chi connectivity index (χ1v) is 4.84. The lowest BCUT2D eigenvalue weighted by Crippen LogP contribution is -1.94. The van der Waals surface area contributed by atoms with Gasteiger partial charge in [0.05, 0.1) is 10.6 Å². The van der Waals surface area contributed by atoms with Crippen LogP contribution >= 0.6 is 22.9 Å². The number of hydrogen-bond acceptors (Lipinski definition) is 2. The summed E-state index contributed by atoms with van der Waals surface area (Å²) < 4.78 is 0.907. The Kier molecular flexibility index (Phi) is 1.98. The molecule has 0 saturated heterocycles. The fraction of sp³-hybridized carbons (Fsp3) is 0. The van der Waals surface area contributed by atoms with Crippen LogP contribution in [0.3, 0.4) is 0 Å². The van der Waals surface area contributed by atoms with Gasteiger partial charge in [-0.2, -0.15) is 0 Å². The van der Waals surface area contributed by atoms with Crippen LogP contribution in [0, 0.1) is 0 Å². The molecule has 0 radical (unpaired) electrons. The van der Waals surface area contributed by atoms with E-state index in [2.05, 4.69) is 0 Å². The van der Waals surface area contributed by atoms with Crippen LogP contribution in [0.5, 0.6) is 0 Å². The molecule has 0 aliphatic carbocycles. The molecule has 0 aliphatic heterocycles. The monoisotopic (exact) mass is 212 g/mol. The van der Waals surface area contributed by atoms with Crippen LogP contribution in [0.2, 0.25) is 5.02 Å². The minimum absolute atomic E-state index is 0.236. The number of fused-ring (bicyclic) bond motifs is 1. The molecule has 0 amide bonds. The summed E-state index contributed by atoms with van der Waals surface area (Å²) in [4.78, 5) is 10.7. The zero-order valence-electron chi connectivity index (χ0n) is 6.45. The van der Waals surface area contributed by atoms with Gasteiger partial charge in [0.15, 0.2) is 0 Å². The largest absolute Gasteiger partial charge is 0.478 e. The number of rotatable bonds is 1. The maximum Gasteiger partial charge on any atom is 0.335 e. The molecule has 0 unspecified atom stereocenters. The summed E-state index contributed by atoms with van der Waals surface area (Å²) in [5.41, 5.74) is 0.236. The SMILES string of the molecule is O=C(O)c1cc(Cl)c2ccsc2c1. The van der Waals surface area contributed by atoms with Gasteiger partial charge in [-0.25, -0.2) is 4.79 Å². The number of carboxylic acids is 1. The molecular weight excluding hydrogens is 208 g/mol. The van der Waals surface area contributed by atoms with Gasteiger partial charge in [-0.15, -0.1) is 11.3 Å². The summed E-state index contributed by atoms with van der Waals surface area (Å²) in [6.07, 6.45) is 0. The van der Waals surface area contributed by atoms with E-state index in [1.807, 2.05) is 11.4 Å². The van der Waals surface area contributed by atoms with Crippen LogP contribution in [0.1, 0.15) is 10.4 Å². The highest BCUT2D eigenvalue weighted by atomic mass is 35.5. The fourth-order valence-electron chi connectivity index (χ4n) is 1.15. The maximum atomic E-state index is 10.7. The Balaban J connectivity index is 2.77. The van der Waals surface area contributed by atoms with Crippen molar-refractivity contribution in [2.24, 2.45) is 0 Å². The van der Waals surface area contributed by atoms with E-state index < -0.39 is 5.97 Å². The van der Waals surface area contributed by atoms with Gasteiger partial charge in [0.25, 0.3) is 0 Å². The first-order chi connectivity index (χ1) is 6.18. The van der Waals surface area contributed by atoms with Crippen molar-refractivity contribution in [1.29, 1.82) is 0 Å². The van der Waals surface area contributed by atoms with Crippen molar-refractivity contribution in [3.8, 4) is 0 Å². The number of halogens is 1. The van der Waals surface area contributed by atoms with E-state index in [-0.39, 0.29) is 5.56 Å². The van der Waals surface area contributed by atoms with E-state index in [9.17, 15) is 4.79 Å². The van der Waals surface area contributed by atoms with Gasteiger partial charge in [0, 0.05) is 10.1 Å². The van der Waals surface area contributed by atoms with E-state index in [4.69, 9.17) is 16.7 Å². The van der Waals surface area contributed by atoms with Gasteiger partial charge in [-0.3, -0.25) is 0 Å². The number of benzene rings is 1. The molecule has 13 heavy (non-hydrogen) atoms. The third kappa shape index (κ3) is 1.41. The third-order valence-corrected chi connectivity index (χ3v) is 2.94. The third-order valence-electron chi connectivity index (χ3n) is 1.77.